The molecule has 5 nitrogen and oxygen atoms in total. The van der Waals surface area contributed by atoms with Crippen LogP contribution in [0, 0.1) is 21.4 Å². The molecule has 3 aromatic carbocycles. The van der Waals surface area contributed by atoms with Crippen molar-refractivity contribution in [2.24, 2.45) is 0 Å². The zero-order valence-corrected chi connectivity index (χ0v) is 15.4. The van der Waals surface area contributed by atoms with Crippen LogP contribution in [-0.4, -0.2) is 9.91 Å². The summed E-state index contributed by atoms with van der Waals surface area (Å²) in [7, 11) is 0. The molecule has 0 aliphatic heterocycles. The maximum absolute atomic E-state index is 10.8. The van der Waals surface area contributed by atoms with Gasteiger partial charge in [-0.05, 0) is 40.6 Å². The molecule has 0 atom stereocenters. The average molecular weight is 383 g/mol. The number of hydrogen-bond donors (Lipinski definition) is 0. The van der Waals surface area contributed by atoms with E-state index in [4.69, 9.17) is 0 Å². The number of nitrogens with zero attached hydrogens (tertiary/aromatic N) is 3. The van der Waals surface area contributed by atoms with E-state index in [1.165, 1.54) is 23.5 Å². The fraction of sp³-hybridized carbons (Fsp3) is 0. The molecular formula is C22H13N3O2S. The Balaban J connectivity index is 1.66. The Bertz CT molecular complexity index is 1250. The standard InChI is InChI=1S/C22H13N3O2S/c23-13-19(11-15-5-9-20(10-6-15)25(26)27)22-24-21(14-28-22)18-8-7-16-3-1-2-4-17(16)12-18/h1-12,14H/b19-11+. The van der Waals surface area contributed by atoms with Crippen LogP contribution < -0.4 is 0 Å². The van der Waals surface area contributed by atoms with E-state index in [0.29, 0.717) is 16.1 Å². The maximum atomic E-state index is 10.8. The number of allylic oxidation sites excluding steroid dienone is 1. The molecule has 0 spiro atoms. The van der Waals surface area contributed by atoms with Crippen molar-refractivity contribution in [2.75, 3.05) is 0 Å². The molecule has 1 heterocycles. The lowest BCUT2D eigenvalue weighted by molar-refractivity contribution is -0.384. The molecule has 0 aliphatic rings. The first-order valence-electron chi connectivity index (χ1n) is 8.45. The summed E-state index contributed by atoms with van der Waals surface area (Å²) in [4.78, 5) is 14.9. The predicted molar refractivity (Wildman–Crippen MR) is 112 cm³/mol. The highest BCUT2D eigenvalue weighted by Crippen LogP contribution is 2.29. The van der Waals surface area contributed by atoms with Crippen molar-refractivity contribution >= 4 is 39.4 Å². The molecule has 0 fully saturated rings. The molecule has 0 saturated heterocycles. The molecule has 4 rings (SSSR count). The first-order chi connectivity index (χ1) is 13.6. The lowest BCUT2D eigenvalue weighted by Crippen LogP contribution is -1.87. The van der Waals surface area contributed by atoms with Crippen LogP contribution in [0.15, 0.2) is 72.1 Å². The van der Waals surface area contributed by atoms with Gasteiger partial charge < -0.3 is 0 Å². The molecule has 1 aromatic heterocycles. The smallest absolute Gasteiger partial charge is 0.258 e. The summed E-state index contributed by atoms with van der Waals surface area (Å²) < 4.78 is 0. The molecule has 0 unspecified atom stereocenters. The third-order valence-electron chi connectivity index (χ3n) is 4.32. The van der Waals surface area contributed by atoms with Crippen LogP contribution >= 0.6 is 11.3 Å². The van der Waals surface area contributed by atoms with Crippen molar-refractivity contribution in [2.45, 2.75) is 0 Å². The van der Waals surface area contributed by atoms with E-state index < -0.39 is 4.92 Å². The van der Waals surface area contributed by atoms with Gasteiger partial charge in [-0.15, -0.1) is 11.3 Å². The highest BCUT2D eigenvalue weighted by molar-refractivity contribution is 7.11. The molecule has 0 N–H and O–H groups in total. The van der Waals surface area contributed by atoms with Gasteiger partial charge in [-0.1, -0.05) is 36.4 Å². The van der Waals surface area contributed by atoms with Crippen molar-refractivity contribution < 1.29 is 4.92 Å². The quantitative estimate of drug-likeness (QED) is 0.248. The Morgan fingerprint density at radius 1 is 1.07 bits per heavy atom. The van der Waals surface area contributed by atoms with Crippen LogP contribution in [0.1, 0.15) is 10.6 Å². The number of nitro groups is 1. The Hall–Kier alpha value is -3.82. The number of non-ortho nitro benzene ring substituents is 1. The van der Waals surface area contributed by atoms with Crippen LogP contribution in [0.5, 0.6) is 0 Å². The van der Waals surface area contributed by atoms with Crippen molar-refractivity contribution in [3.63, 3.8) is 0 Å². The molecule has 0 amide bonds. The Morgan fingerprint density at radius 2 is 1.82 bits per heavy atom. The molecule has 0 bridgehead atoms. The van der Waals surface area contributed by atoms with Gasteiger partial charge in [-0.3, -0.25) is 10.1 Å². The molecule has 4 aromatic rings. The van der Waals surface area contributed by atoms with Gasteiger partial charge in [0.15, 0.2) is 0 Å². The summed E-state index contributed by atoms with van der Waals surface area (Å²) >= 11 is 1.40. The normalized spacial score (nSPS) is 11.3. The molecule has 28 heavy (non-hydrogen) atoms. The van der Waals surface area contributed by atoms with Crippen LogP contribution in [-0.2, 0) is 0 Å². The summed E-state index contributed by atoms with van der Waals surface area (Å²) in [5, 5.41) is 25.2. The predicted octanol–water partition coefficient (Wildman–Crippen LogP) is 5.94. The van der Waals surface area contributed by atoms with Gasteiger partial charge in [0.2, 0.25) is 0 Å². The number of rotatable bonds is 4. The average Bonchev–Trinajstić information content (AvgIpc) is 3.22. The van der Waals surface area contributed by atoms with Crippen molar-refractivity contribution in [1.82, 2.24) is 4.98 Å². The van der Waals surface area contributed by atoms with Gasteiger partial charge in [-0.25, -0.2) is 4.98 Å². The van der Waals surface area contributed by atoms with Crippen molar-refractivity contribution in [3.8, 4) is 17.3 Å². The van der Waals surface area contributed by atoms with E-state index in [2.05, 4.69) is 35.3 Å². The molecule has 0 aliphatic carbocycles. The molecular weight excluding hydrogens is 370 g/mol. The summed E-state index contributed by atoms with van der Waals surface area (Å²) in [5.41, 5.74) is 2.96. The number of nitriles is 1. The lowest BCUT2D eigenvalue weighted by Gasteiger charge is -2.01. The van der Waals surface area contributed by atoms with E-state index >= 15 is 0 Å². The van der Waals surface area contributed by atoms with Crippen molar-refractivity contribution in [1.29, 1.82) is 5.26 Å². The van der Waals surface area contributed by atoms with Crippen LogP contribution in [0.25, 0.3) is 33.7 Å². The van der Waals surface area contributed by atoms with Gasteiger partial charge in [0.25, 0.3) is 5.69 Å². The van der Waals surface area contributed by atoms with Crippen LogP contribution in [0.2, 0.25) is 0 Å². The third-order valence-corrected chi connectivity index (χ3v) is 5.19. The van der Waals surface area contributed by atoms with Gasteiger partial charge >= 0.3 is 0 Å². The van der Waals surface area contributed by atoms with Gasteiger partial charge in [0.05, 0.1) is 16.2 Å². The van der Waals surface area contributed by atoms with Gasteiger partial charge in [0.1, 0.15) is 11.1 Å². The van der Waals surface area contributed by atoms with E-state index in [-0.39, 0.29) is 5.69 Å². The summed E-state index contributed by atoms with van der Waals surface area (Å²) in [6.45, 7) is 0. The van der Waals surface area contributed by atoms with Gasteiger partial charge in [0, 0.05) is 23.1 Å². The minimum Gasteiger partial charge on any atom is -0.258 e. The second-order valence-corrected chi connectivity index (χ2v) is 6.98. The summed E-state index contributed by atoms with van der Waals surface area (Å²) in [6.07, 6.45) is 1.69. The highest BCUT2D eigenvalue weighted by atomic mass is 32.1. The Kier molecular flexibility index (Phi) is 4.67. The number of thiazole rings is 1. The highest BCUT2D eigenvalue weighted by Gasteiger charge is 2.10. The van der Waals surface area contributed by atoms with Crippen LogP contribution in [0.4, 0.5) is 5.69 Å². The number of fused-ring (bicyclic) bond motifs is 1. The fourth-order valence-corrected chi connectivity index (χ4v) is 3.67. The van der Waals surface area contributed by atoms with E-state index in [1.807, 2.05) is 23.6 Å². The summed E-state index contributed by atoms with van der Waals surface area (Å²) in [5.74, 6) is 0. The second kappa shape index (κ2) is 7.43. The minimum atomic E-state index is -0.449. The summed E-state index contributed by atoms with van der Waals surface area (Å²) in [6, 6.07) is 22.5. The molecule has 134 valence electrons. The monoisotopic (exact) mass is 383 g/mol. The molecule has 0 radical (unpaired) electrons. The minimum absolute atomic E-state index is 0.0171. The number of hydrogen-bond acceptors (Lipinski definition) is 5. The fourth-order valence-electron chi connectivity index (χ4n) is 2.88. The molecule has 6 heteroatoms. The number of aromatic nitrogens is 1. The van der Waals surface area contributed by atoms with E-state index in [0.717, 1.165) is 22.0 Å². The van der Waals surface area contributed by atoms with Crippen molar-refractivity contribution in [3.05, 3.63) is 92.8 Å². The lowest BCUT2D eigenvalue weighted by atomic mass is 10.1. The topological polar surface area (TPSA) is 79.8 Å². The number of benzene rings is 3. The zero-order valence-electron chi connectivity index (χ0n) is 14.6. The largest absolute Gasteiger partial charge is 0.269 e. The first kappa shape index (κ1) is 17.6. The van der Waals surface area contributed by atoms with E-state index in [1.54, 1.807) is 18.2 Å². The Morgan fingerprint density at radius 3 is 2.54 bits per heavy atom. The van der Waals surface area contributed by atoms with Crippen LogP contribution in [0.3, 0.4) is 0 Å². The van der Waals surface area contributed by atoms with E-state index in [9.17, 15) is 15.4 Å². The third kappa shape index (κ3) is 3.52. The Labute approximate surface area is 165 Å². The second-order valence-electron chi connectivity index (χ2n) is 6.12. The number of nitro benzene ring substituents is 1. The van der Waals surface area contributed by atoms with Gasteiger partial charge in [-0.2, -0.15) is 5.26 Å². The molecule has 0 saturated carbocycles. The zero-order chi connectivity index (χ0) is 19.5. The first-order valence-corrected chi connectivity index (χ1v) is 9.33. The SMILES string of the molecule is N#C/C(=C\c1ccc([N+](=O)[O-])cc1)c1nc(-c2ccc3ccccc3c2)cs1. The maximum Gasteiger partial charge on any atom is 0.269 e.